The van der Waals surface area contributed by atoms with Crippen molar-refractivity contribution in [3.05, 3.63) is 95.8 Å². The second-order valence-corrected chi connectivity index (χ2v) is 8.10. The molecule has 2 nitrogen and oxygen atoms in total. The van der Waals surface area contributed by atoms with Gasteiger partial charge in [-0.2, -0.15) is 0 Å². The summed E-state index contributed by atoms with van der Waals surface area (Å²) >= 11 is 8.17. The third kappa shape index (κ3) is 4.56. The first-order chi connectivity index (χ1) is 13.8. The molecule has 1 heterocycles. The lowest BCUT2D eigenvalue weighted by Crippen LogP contribution is -2.16. The minimum absolute atomic E-state index is 0.787. The van der Waals surface area contributed by atoms with Crippen molar-refractivity contribution in [2.45, 2.75) is 11.4 Å². The van der Waals surface area contributed by atoms with Crippen LogP contribution in [0.2, 0.25) is 5.02 Å². The number of aromatic nitrogens is 1. The summed E-state index contributed by atoms with van der Waals surface area (Å²) < 4.78 is 0. The number of thioether (sulfide) groups is 1. The van der Waals surface area contributed by atoms with E-state index in [0.717, 1.165) is 35.0 Å². The summed E-state index contributed by atoms with van der Waals surface area (Å²) in [6.45, 7) is 1.82. The van der Waals surface area contributed by atoms with Crippen LogP contribution in [0.3, 0.4) is 0 Å². The van der Waals surface area contributed by atoms with Crippen LogP contribution < -0.4 is 5.32 Å². The predicted molar refractivity (Wildman–Crippen MR) is 121 cm³/mol. The van der Waals surface area contributed by atoms with Crippen LogP contribution in [0.15, 0.2) is 90.1 Å². The molecule has 0 saturated carbocycles. The molecule has 0 unspecified atom stereocenters. The van der Waals surface area contributed by atoms with Gasteiger partial charge < -0.3 is 5.32 Å². The normalized spacial score (nSPS) is 11.0. The molecule has 0 aliphatic rings. The number of benzene rings is 3. The van der Waals surface area contributed by atoms with E-state index in [1.165, 1.54) is 21.2 Å². The van der Waals surface area contributed by atoms with E-state index in [9.17, 15) is 0 Å². The Hall–Kier alpha value is -2.33. The number of nitrogens with one attached hydrogen (secondary N) is 1. The lowest BCUT2D eigenvalue weighted by molar-refractivity contribution is 0.732. The number of pyridine rings is 1. The zero-order chi connectivity index (χ0) is 19.2. The predicted octanol–water partition coefficient (Wildman–Crippen LogP) is 6.44. The third-order valence-corrected chi connectivity index (χ3v) is 6.05. The summed E-state index contributed by atoms with van der Waals surface area (Å²) in [5.41, 5.74) is 3.50. The number of hydrogen-bond acceptors (Lipinski definition) is 3. The van der Waals surface area contributed by atoms with Crippen molar-refractivity contribution in [2.24, 2.45) is 0 Å². The number of nitrogens with zero attached hydrogens (tertiary/aromatic N) is 1. The number of hydrogen-bond donors (Lipinski definition) is 1. The van der Waals surface area contributed by atoms with E-state index in [-0.39, 0.29) is 0 Å². The van der Waals surface area contributed by atoms with E-state index >= 15 is 0 Å². The minimum atomic E-state index is 0.787. The molecule has 0 aliphatic heterocycles. The Bertz CT molecular complexity index is 1060. The Morgan fingerprint density at radius 1 is 0.893 bits per heavy atom. The molecule has 0 atom stereocenters. The quantitative estimate of drug-likeness (QED) is 0.283. The molecule has 0 bridgehead atoms. The first-order valence-electron chi connectivity index (χ1n) is 9.31. The van der Waals surface area contributed by atoms with Crippen molar-refractivity contribution in [3.63, 3.8) is 0 Å². The molecular weight excluding hydrogens is 384 g/mol. The number of halogens is 1. The van der Waals surface area contributed by atoms with Gasteiger partial charge in [0, 0.05) is 52.1 Å². The van der Waals surface area contributed by atoms with Crippen molar-refractivity contribution in [3.8, 4) is 11.1 Å². The average molecular weight is 405 g/mol. The van der Waals surface area contributed by atoms with Crippen LogP contribution >= 0.6 is 23.4 Å². The van der Waals surface area contributed by atoms with Crippen LogP contribution in [0.1, 0.15) is 5.56 Å². The second-order valence-electron chi connectivity index (χ2n) is 6.55. The summed E-state index contributed by atoms with van der Waals surface area (Å²) in [7, 11) is 0. The number of fused-ring (bicyclic) bond motifs is 1. The maximum Gasteiger partial charge on any atom is 0.0484 e. The highest BCUT2D eigenvalue weighted by atomic mass is 35.5. The van der Waals surface area contributed by atoms with Crippen LogP contribution in [0.25, 0.3) is 21.9 Å². The van der Waals surface area contributed by atoms with Crippen LogP contribution in [0.5, 0.6) is 0 Å². The van der Waals surface area contributed by atoms with Crippen molar-refractivity contribution in [1.82, 2.24) is 10.3 Å². The van der Waals surface area contributed by atoms with Gasteiger partial charge in [0.05, 0.1) is 0 Å². The molecule has 28 heavy (non-hydrogen) atoms. The molecule has 0 fully saturated rings. The van der Waals surface area contributed by atoms with E-state index in [1.54, 1.807) is 0 Å². The summed E-state index contributed by atoms with van der Waals surface area (Å²) in [6.07, 6.45) is 3.78. The molecule has 1 N–H and O–H groups in total. The summed E-state index contributed by atoms with van der Waals surface area (Å²) in [6, 6.07) is 25.0. The average Bonchev–Trinajstić information content (AvgIpc) is 2.74. The van der Waals surface area contributed by atoms with Gasteiger partial charge in [0.25, 0.3) is 0 Å². The second kappa shape index (κ2) is 9.24. The summed E-state index contributed by atoms with van der Waals surface area (Å²) in [4.78, 5) is 5.51. The minimum Gasteiger partial charge on any atom is -0.312 e. The fourth-order valence-electron chi connectivity index (χ4n) is 3.18. The first kappa shape index (κ1) is 19.0. The molecule has 1 aromatic heterocycles. The van der Waals surface area contributed by atoms with Gasteiger partial charge in [0.1, 0.15) is 0 Å². The number of rotatable bonds is 7. The summed E-state index contributed by atoms with van der Waals surface area (Å²) in [5, 5.41) is 6.79. The standard InChI is InChI=1S/C24H21ClN2S/c25-23-6-2-1-5-21(23)19-10-8-18(9-11-19)16-27-14-15-28-24-7-3-4-20-17-26-13-12-22(20)24/h1-13,17,27H,14-16H2. The van der Waals surface area contributed by atoms with E-state index in [2.05, 4.69) is 64.9 Å². The topological polar surface area (TPSA) is 24.9 Å². The van der Waals surface area contributed by atoms with E-state index < -0.39 is 0 Å². The van der Waals surface area contributed by atoms with Gasteiger partial charge in [-0.25, -0.2) is 0 Å². The highest BCUT2D eigenvalue weighted by Gasteiger charge is 2.03. The zero-order valence-electron chi connectivity index (χ0n) is 15.4. The van der Waals surface area contributed by atoms with Gasteiger partial charge in [-0.1, -0.05) is 66.2 Å². The van der Waals surface area contributed by atoms with E-state index in [0.29, 0.717) is 0 Å². The van der Waals surface area contributed by atoms with Crippen molar-refractivity contribution < 1.29 is 0 Å². The van der Waals surface area contributed by atoms with Crippen molar-refractivity contribution >= 4 is 34.1 Å². The Kier molecular flexibility index (Phi) is 6.27. The van der Waals surface area contributed by atoms with E-state index in [1.807, 2.05) is 42.4 Å². The largest absolute Gasteiger partial charge is 0.312 e. The monoisotopic (exact) mass is 404 g/mol. The van der Waals surface area contributed by atoms with Crippen LogP contribution in [0.4, 0.5) is 0 Å². The Balaban J connectivity index is 1.28. The van der Waals surface area contributed by atoms with Gasteiger partial charge >= 0.3 is 0 Å². The van der Waals surface area contributed by atoms with Crippen molar-refractivity contribution in [2.75, 3.05) is 12.3 Å². The molecule has 4 aromatic rings. The van der Waals surface area contributed by atoms with Gasteiger partial charge in [0.2, 0.25) is 0 Å². The molecule has 0 spiro atoms. The first-order valence-corrected chi connectivity index (χ1v) is 10.7. The molecule has 3 aromatic carbocycles. The highest BCUT2D eigenvalue weighted by molar-refractivity contribution is 7.99. The molecule has 0 amide bonds. The lowest BCUT2D eigenvalue weighted by Gasteiger charge is -2.09. The fraction of sp³-hybridized carbons (Fsp3) is 0.125. The van der Waals surface area contributed by atoms with Crippen LogP contribution in [-0.4, -0.2) is 17.3 Å². The molecule has 140 valence electrons. The Morgan fingerprint density at radius 2 is 1.75 bits per heavy atom. The molecule has 0 radical (unpaired) electrons. The van der Waals surface area contributed by atoms with Gasteiger partial charge in [0.15, 0.2) is 0 Å². The highest BCUT2D eigenvalue weighted by Crippen LogP contribution is 2.28. The van der Waals surface area contributed by atoms with Crippen LogP contribution in [0, 0.1) is 0 Å². The maximum atomic E-state index is 6.29. The maximum absolute atomic E-state index is 6.29. The van der Waals surface area contributed by atoms with Gasteiger partial charge in [-0.3, -0.25) is 4.98 Å². The molecule has 0 saturated heterocycles. The Morgan fingerprint density at radius 3 is 2.61 bits per heavy atom. The van der Waals surface area contributed by atoms with Gasteiger partial charge in [-0.15, -0.1) is 11.8 Å². The van der Waals surface area contributed by atoms with Gasteiger partial charge in [-0.05, 0) is 34.7 Å². The molecule has 4 heteroatoms. The third-order valence-electron chi connectivity index (χ3n) is 4.65. The Labute approximate surface area is 175 Å². The smallest absolute Gasteiger partial charge is 0.0484 e. The molecule has 0 aliphatic carbocycles. The molecular formula is C24H21ClN2S. The fourth-order valence-corrected chi connectivity index (χ4v) is 4.41. The van der Waals surface area contributed by atoms with Crippen molar-refractivity contribution in [1.29, 1.82) is 0 Å². The lowest BCUT2D eigenvalue weighted by atomic mass is 10.0. The van der Waals surface area contributed by atoms with Crippen LogP contribution in [-0.2, 0) is 6.54 Å². The zero-order valence-corrected chi connectivity index (χ0v) is 17.0. The SMILES string of the molecule is Clc1ccccc1-c1ccc(CNCCSc2cccc3cnccc23)cc1. The van der Waals surface area contributed by atoms with E-state index in [4.69, 9.17) is 11.6 Å². The molecule has 4 rings (SSSR count). The summed E-state index contributed by atoms with van der Waals surface area (Å²) in [5.74, 6) is 1.03.